The van der Waals surface area contributed by atoms with Gasteiger partial charge in [0.25, 0.3) is 5.91 Å². The van der Waals surface area contributed by atoms with Crippen LogP contribution in [-0.4, -0.2) is 63.8 Å². The molecule has 29 heavy (non-hydrogen) atoms. The largest absolute Gasteiger partial charge is 0.497 e. The first-order valence-electron chi connectivity index (χ1n) is 9.90. The maximum atomic E-state index is 11.9. The van der Waals surface area contributed by atoms with Crippen molar-refractivity contribution in [2.24, 2.45) is 0 Å². The molecule has 0 atom stereocenters. The van der Waals surface area contributed by atoms with E-state index in [1.165, 1.54) is 5.69 Å². The van der Waals surface area contributed by atoms with Gasteiger partial charge < -0.3 is 19.7 Å². The lowest BCUT2D eigenvalue weighted by molar-refractivity contribution is -0.123. The highest BCUT2D eigenvalue weighted by Crippen LogP contribution is 2.19. The Hall–Kier alpha value is -2.44. The van der Waals surface area contributed by atoms with Crippen LogP contribution in [0, 0.1) is 0 Å². The van der Waals surface area contributed by atoms with E-state index in [0.29, 0.717) is 12.3 Å². The number of hydrogen-bond acceptors (Lipinski definition) is 5. The molecule has 0 spiro atoms. The predicted molar refractivity (Wildman–Crippen MR) is 116 cm³/mol. The monoisotopic (exact) mass is 417 g/mol. The average molecular weight is 418 g/mol. The molecular weight excluding hydrogens is 390 g/mol. The lowest BCUT2D eigenvalue weighted by Gasteiger charge is -2.36. The molecule has 1 amide bonds. The van der Waals surface area contributed by atoms with Crippen molar-refractivity contribution in [3.8, 4) is 11.5 Å². The Morgan fingerprint density at radius 1 is 1.00 bits per heavy atom. The van der Waals surface area contributed by atoms with Gasteiger partial charge in [-0.15, -0.1) is 0 Å². The lowest BCUT2D eigenvalue weighted by Crippen LogP contribution is -2.47. The van der Waals surface area contributed by atoms with E-state index in [2.05, 4.69) is 27.2 Å². The van der Waals surface area contributed by atoms with Crippen molar-refractivity contribution in [2.75, 3.05) is 57.9 Å². The first-order chi connectivity index (χ1) is 14.1. The Morgan fingerprint density at radius 3 is 2.31 bits per heavy atom. The van der Waals surface area contributed by atoms with Crippen LogP contribution < -0.4 is 19.7 Å². The van der Waals surface area contributed by atoms with E-state index in [1.54, 1.807) is 31.4 Å². The summed E-state index contributed by atoms with van der Waals surface area (Å²) >= 11 is 5.96. The fourth-order valence-electron chi connectivity index (χ4n) is 3.28. The predicted octanol–water partition coefficient (Wildman–Crippen LogP) is 3.06. The number of piperazine rings is 1. The maximum Gasteiger partial charge on any atom is 0.257 e. The quantitative estimate of drug-likeness (QED) is 0.635. The summed E-state index contributed by atoms with van der Waals surface area (Å²) in [7, 11) is 1.61. The molecule has 0 bridgehead atoms. The average Bonchev–Trinajstić information content (AvgIpc) is 2.76. The SMILES string of the molecule is COc1ccc(OCC(=O)NCCCN2CCN(c3ccc(Cl)cc3)CC2)cc1. The number of anilines is 1. The molecule has 1 aliphatic heterocycles. The molecular formula is C22H28ClN3O3. The van der Waals surface area contributed by atoms with E-state index in [-0.39, 0.29) is 12.5 Å². The fourth-order valence-corrected chi connectivity index (χ4v) is 3.41. The third kappa shape index (κ3) is 6.84. The second-order valence-electron chi connectivity index (χ2n) is 6.97. The summed E-state index contributed by atoms with van der Waals surface area (Å²) in [6.45, 7) is 5.71. The maximum absolute atomic E-state index is 11.9. The van der Waals surface area contributed by atoms with E-state index in [4.69, 9.17) is 21.1 Å². The number of nitrogens with zero attached hydrogens (tertiary/aromatic N) is 2. The van der Waals surface area contributed by atoms with Gasteiger partial charge >= 0.3 is 0 Å². The van der Waals surface area contributed by atoms with Gasteiger partial charge in [-0.05, 0) is 61.5 Å². The van der Waals surface area contributed by atoms with Crippen molar-refractivity contribution in [3.63, 3.8) is 0 Å². The van der Waals surface area contributed by atoms with E-state index in [9.17, 15) is 4.79 Å². The van der Waals surface area contributed by atoms with Crippen LogP contribution in [0.25, 0.3) is 0 Å². The van der Waals surface area contributed by atoms with Gasteiger partial charge in [0.1, 0.15) is 11.5 Å². The van der Waals surface area contributed by atoms with Gasteiger partial charge in [-0.3, -0.25) is 9.69 Å². The number of nitrogens with one attached hydrogen (secondary N) is 1. The molecule has 1 aliphatic rings. The first-order valence-corrected chi connectivity index (χ1v) is 10.3. The van der Waals surface area contributed by atoms with Gasteiger partial charge in [-0.2, -0.15) is 0 Å². The second kappa shape index (κ2) is 10.9. The lowest BCUT2D eigenvalue weighted by atomic mass is 10.2. The summed E-state index contributed by atoms with van der Waals surface area (Å²) in [5.74, 6) is 1.31. The third-order valence-corrected chi connectivity index (χ3v) is 5.22. The van der Waals surface area contributed by atoms with Gasteiger partial charge in [0, 0.05) is 43.4 Å². The number of carbonyl (C=O) groups is 1. The Bertz CT molecular complexity index is 760. The number of benzene rings is 2. The minimum Gasteiger partial charge on any atom is -0.497 e. The van der Waals surface area contributed by atoms with Gasteiger partial charge in [0.05, 0.1) is 7.11 Å². The molecule has 156 valence electrons. The minimum atomic E-state index is -0.103. The Labute approximate surface area is 177 Å². The Kier molecular flexibility index (Phi) is 8.02. The van der Waals surface area contributed by atoms with Gasteiger partial charge in [-0.1, -0.05) is 11.6 Å². The Morgan fingerprint density at radius 2 is 1.66 bits per heavy atom. The van der Waals surface area contributed by atoms with Crippen molar-refractivity contribution < 1.29 is 14.3 Å². The molecule has 2 aromatic rings. The number of amides is 1. The third-order valence-electron chi connectivity index (χ3n) is 4.97. The van der Waals surface area contributed by atoms with Crippen molar-refractivity contribution in [2.45, 2.75) is 6.42 Å². The fraction of sp³-hybridized carbons (Fsp3) is 0.409. The smallest absolute Gasteiger partial charge is 0.257 e. The molecule has 0 aromatic heterocycles. The molecule has 1 saturated heterocycles. The highest BCUT2D eigenvalue weighted by Gasteiger charge is 2.16. The van der Waals surface area contributed by atoms with Gasteiger partial charge in [0.2, 0.25) is 0 Å². The zero-order valence-corrected chi connectivity index (χ0v) is 17.5. The molecule has 0 aliphatic carbocycles. The zero-order chi connectivity index (χ0) is 20.5. The van der Waals surface area contributed by atoms with Crippen LogP contribution in [0.1, 0.15) is 6.42 Å². The summed E-state index contributed by atoms with van der Waals surface area (Å²) in [5, 5.41) is 3.68. The minimum absolute atomic E-state index is 0.0199. The highest BCUT2D eigenvalue weighted by molar-refractivity contribution is 6.30. The highest BCUT2D eigenvalue weighted by atomic mass is 35.5. The molecule has 2 aromatic carbocycles. The number of carbonyl (C=O) groups excluding carboxylic acids is 1. The zero-order valence-electron chi connectivity index (χ0n) is 16.8. The number of hydrogen-bond donors (Lipinski definition) is 1. The molecule has 1 heterocycles. The molecule has 6 nitrogen and oxygen atoms in total. The van der Waals surface area contributed by atoms with Crippen molar-refractivity contribution in [3.05, 3.63) is 53.6 Å². The molecule has 7 heteroatoms. The van der Waals surface area contributed by atoms with E-state index in [1.807, 2.05) is 12.1 Å². The summed E-state index contributed by atoms with van der Waals surface area (Å²) in [6.07, 6.45) is 0.926. The van der Waals surface area contributed by atoms with Crippen molar-refractivity contribution in [1.29, 1.82) is 0 Å². The number of methoxy groups -OCH3 is 1. The standard InChI is InChI=1S/C22H28ClN3O3/c1-28-20-7-9-21(10-8-20)29-17-22(27)24-11-2-12-25-13-15-26(16-14-25)19-5-3-18(23)4-6-19/h3-10H,2,11-17H2,1H3,(H,24,27). The first kappa shape index (κ1) is 21.3. The van der Waals surface area contributed by atoms with Crippen LogP contribution in [0.4, 0.5) is 5.69 Å². The summed E-state index contributed by atoms with van der Waals surface area (Å²) < 4.78 is 10.6. The molecule has 3 rings (SSSR count). The van der Waals surface area contributed by atoms with Crippen LogP contribution >= 0.6 is 11.6 Å². The van der Waals surface area contributed by atoms with Crippen molar-refractivity contribution >= 4 is 23.2 Å². The molecule has 0 saturated carbocycles. The van der Waals surface area contributed by atoms with Crippen LogP contribution in [0.3, 0.4) is 0 Å². The van der Waals surface area contributed by atoms with Gasteiger partial charge in [0.15, 0.2) is 6.61 Å². The van der Waals surface area contributed by atoms with Crippen LogP contribution in [0.15, 0.2) is 48.5 Å². The molecule has 1 fully saturated rings. The second-order valence-corrected chi connectivity index (χ2v) is 7.41. The number of halogens is 1. The van der Waals surface area contributed by atoms with Crippen LogP contribution in [0.5, 0.6) is 11.5 Å². The topological polar surface area (TPSA) is 54.0 Å². The van der Waals surface area contributed by atoms with Crippen molar-refractivity contribution in [1.82, 2.24) is 10.2 Å². The van der Waals surface area contributed by atoms with Crippen LogP contribution in [0.2, 0.25) is 5.02 Å². The van der Waals surface area contributed by atoms with Gasteiger partial charge in [-0.25, -0.2) is 0 Å². The summed E-state index contributed by atoms with van der Waals surface area (Å²) in [5.41, 5.74) is 1.22. The Balaban J connectivity index is 1.26. The normalized spacial score (nSPS) is 14.5. The summed E-state index contributed by atoms with van der Waals surface area (Å²) in [6, 6.07) is 15.2. The number of rotatable bonds is 9. The molecule has 0 unspecified atom stereocenters. The van der Waals surface area contributed by atoms with E-state index in [0.717, 1.165) is 49.9 Å². The van der Waals surface area contributed by atoms with E-state index >= 15 is 0 Å². The van der Waals surface area contributed by atoms with Crippen LogP contribution in [-0.2, 0) is 4.79 Å². The van der Waals surface area contributed by atoms with E-state index < -0.39 is 0 Å². The summed E-state index contributed by atoms with van der Waals surface area (Å²) in [4.78, 5) is 16.7. The molecule has 1 N–H and O–H groups in total. The number of ether oxygens (including phenoxy) is 2. The molecule has 0 radical (unpaired) electrons.